The molecule has 0 unspecified atom stereocenters. The molecule has 1 N–H and O–H groups in total. The maximum atomic E-state index is 13.5. The minimum Gasteiger partial charge on any atom is -0.325 e. The van der Waals surface area contributed by atoms with Crippen molar-refractivity contribution in [2.45, 2.75) is 11.9 Å². The van der Waals surface area contributed by atoms with E-state index in [-0.39, 0.29) is 17.5 Å². The number of benzene rings is 1. The molecule has 3 rings (SSSR count). The average molecular weight is 354 g/mol. The van der Waals surface area contributed by atoms with E-state index in [0.717, 1.165) is 11.3 Å². The summed E-state index contributed by atoms with van der Waals surface area (Å²) in [6, 6.07) is 12.0. The zero-order chi connectivity index (χ0) is 17.6. The third-order valence-corrected chi connectivity index (χ3v) is 4.34. The second-order valence-corrected chi connectivity index (χ2v) is 6.29. The molecular formula is C18H15FN4OS. The van der Waals surface area contributed by atoms with Crippen LogP contribution in [0, 0.1) is 12.7 Å². The van der Waals surface area contributed by atoms with Gasteiger partial charge in [0.25, 0.3) is 0 Å². The summed E-state index contributed by atoms with van der Waals surface area (Å²) in [5.41, 5.74) is 2.65. The summed E-state index contributed by atoms with van der Waals surface area (Å²) in [5, 5.41) is 11.6. The van der Waals surface area contributed by atoms with Gasteiger partial charge in [-0.2, -0.15) is 0 Å². The molecule has 1 aromatic carbocycles. The van der Waals surface area contributed by atoms with E-state index in [9.17, 15) is 9.18 Å². The van der Waals surface area contributed by atoms with Gasteiger partial charge in [-0.25, -0.2) is 4.39 Å². The second kappa shape index (κ2) is 7.85. The van der Waals surface area contributed by atoms with E-state index in [0.29, 0.717) is 16.3 Å². The summed E-state index contributed by atoms with van der Waals surface area (Å²) in [6.07, 6.45) is 3.38. The lowest BCUT2D eigenvalue weighted by Gasteiger charge is -2.06. The Morgan fingerprint density at radius 3 is 2.60 bits per heavy atom. The summed E-state index contributed by atoms with van der Waals surface area (Å²) >= 11 is 1.27. The molecule has 7 heteroatoms. The van der Waals surface area contributed by atoms with E-state index in [2.05, 4.69) is 20.5 Å². The Kier molecular flexibility index (Phi) is 5.35. The number of rotatable bonds is 5. The molecule has 0 atom stereocenters. The van der Waals surface area contributed by atoms with Crippen molar-refractivity contribution in [1.82, 2.24) is 15.2 Å². The van der Waals surface area contributed by atoms with Crippen LogP contribution in [0.15, 0.2) is 59.9 Å². The first kappa shape index (κ1) is 17.0. The zero-order valence-electron chi connectivity index (χ0n) is 13.4. The van der Waals surface area contributed by atoms with Crippen LogP contribution in [0.5, 0.6) is 0 Å². The third kappa shape index (κ3) is 4.60. The molecule has 0 aliphatic heterocycles. The SMILES string of the molecule is Cc1ccc(NC(=O)CSc2ccc(-c3ccncc3)nn2)cc1F. The standard InChI is InChI=1S/C18H15FN4OS/c1-12-2-3-14(10-15(12)19)21-17(24)11-25-18-5-4-16(22-23-18)13-6-8-20-9-7-13/h2-10H,11H2,1H3,(H,21,24). The number of hydrogen-bond acceptors (Lipinski definition) is 5. The van der Waals surface area contributed by atoms with Crippen molar-refractivity contribution >= 4 is 23.4 Å². The number of nitrogens with zero attached hydrogens (tertiary/aromatic N) is 3. The van der Waals surface area contributed by atoms with Crippen molar-refractivity contribution in [3.8, 4) is 11.3 Å². The Bertz CT molecular complexity index is 872. The molecule has 0 bridgehead atoms. The van der Waals surface area contributed by atoms with E-state index < -0.39 is 0 Å². The van der Waals surface area contributed by atoms with Crippen LogP contribution in [0.3, 0.4) is 0 Å². The summed E-state index contributed by atoms with van der Waals surface area (Å²) in [6.45, 7) is 1.67. The van der Waals surface area contributed by atoms with Crippen molar-refractivity contribution in [3.05, 3.63) is 66.2 Å². The molecule has 0 fully saturated rings. The van der Waals surface area contributed by atoms with Crippen molar-refractivity contribution in [2.24, 2.45) is 0 Å². The highest BCUT2D eigenvalue weighted by Crippen LogP contribution is 2.20. The number of pyridine rings is 1. The zero-order valence-corrected chi connectivity index (χ0v) is 14.3. The first-order valence-corrected chi connectivity index (χ1v) is 8.53. The highest BCUT2D eigenvalue weighted by Gasteiger charge is 2.07. The lowest BCUT2D eigenvalue weighted by molar-refractivity contribution is -0.113. The van der Waals surface area contributed by atoms with Crippen LogP contribution < -0.4 is 5.32 Å². The van der Waals surface area contributed by atoms with Crippen molar-refractivity contribution in [2.75, 3.05) is 11.1 Å². The number of nitrogens with one attached hydrogen (secondary N) is 1. The van der Waals surface area contributed by atoms with Gasteiger partial charge in [0.1, 0.15) is 10.8 Å². The van der Waals surface area contributed by atoms with E-state index in [1.54, 1.807) is 31.5 Å². The molecule has 0 saturated heterocycles. The van der Waals surface area contributed by atoms with Gasteiger partial charge >= 0.3 is 0 Å². The third-order valence-electron chi connectivity index (χ3n) is 3.42. The molecular weight excluding hydrogens is 339 g/mol. The van der Waals surface area contributed by atoms with E-state index in [4.69, 9.17) is 0 Å². The molecule has 3 aromatic rings. The molecule has 1 amide bonds. The molecule has 0 aliphatic rings. The molecule has 25 heavy (non-hydrogen) atoms. The maximum absolute atomic E-state index is 13.5. The number of aryl methyl sites for hydroxylation is 1. The van der Waals surface area contributed by atoms with Crippen molar-refractivity contribution < 1.29 is 9.18 Å². The smallest absolute Gasteiger partial charge is 0.234 e. The highest BCUT2D eigenvalue weighted by atomic mass is 32.2. The Balaban J connectivity index is 1.56. The number of aromatic nitrogens is 3. The fraction of sp³-hybridized carbons (Fsp3) is 0.111. The summed E-state index contributed by atoms with van der Waals surface area (Å²) < 4.78 is 13.5. The van der Waals surface area contributed by atoms with Gasteiger partial charge in [-0.05, 0) is 48.9 Å². The van der Waals surface area contributed by atoms with E-state index >= 15 is 0 Å². The Morgan fingerprint density at radius 1 is 1.12 bits per heavy atom. The van der Waals surface area contributed by atoms with Gasteiger partial charge in [-0.15, -0.1) is 10.2 Å². The summed E-state index contributed by atoms with van der Waals surface area (Å²) in [4.78, 5) is 15.9. The monoisotopic (exact) mass is 354 g/mol. The largest absolute Gasteiger partial charge is 0.325 e. The van der Waals surface area contributed by atoms with E-state index in [1.165, 1.54) is 17.8 Å². The number of carbonyl (C=O) groups is 1. The first-order chi connectivity index (χ1) is 12.1. The average Bonchev–Trinajstić information content (AvgIpc) is 2.64. The van der Waals surface area contributed by atoms with Crippen LogP contribution in [0.2, 0.25) is 0 Å². The summed E-state index contributed by atoms with van der Waals surface area (Å²) in [7, 11) is 0. The van der Waals surface area contributed by atoms with Crippen molar-refractivity contribution in [1.29, 1.82) is 0 Å². The van der Waals surface area contributed by atoms with Crippen molar-refractivity contribution in [3.63, 3.8) is 0 Å². The normalized spacial score (nSPS) is 10.5. The molecule has 0 aliphatic carbocycles. The minimum absolute atomic E-state index is 0.165. The van der Waals surface area contributed by atoms with Crippen LogP contribution in [0.4, 0.5) is 10.1 Å². The molecule has 5 nitrogen and oxygen atoms in total. The number of thioether (sulfide) groups is 1. The first-order valence-electron chi connectivity index (χ1n) is 7.55. The fourth-order valence-electron chi connectivity index (χ4n) is 2.08. The van der Waals surface area contributed by atoms with Crippen LogP contribution in [-0.2, 0) is 4.79 Å². The van der Waals surface area contributed by atoms with Gasteiger partial charge in [0.2, 0.25) is 5.91 Å². The lowest BCUT2D eigenvalue weighted by atomic mass is 10.2. The number of amides is 1. The number of carbonyl (C=O) groups excluding carboxylic acids is 1. The van der Waals surface area contributed by atoms with Gasteiger partial charge in [0, 0.05) is 23.6 Å². The van der Waals surface area contributed by atoms with Gasteiger partial charge in [-0.3, -0.25) is 9.78 Å². The van der Waals surface area contributed by atoms with Crippen LogP contribution in [-0.4, -0.2) is 26.8 Å². The molecule has 0 radical (unpaired) electrons. The van der Waals surface area contributed by atoms with Gasteiger partial charge in [-0.1, -0.05) is 17.8 Å². The number of halogens is 1. The fourth-order valence-corrected chi connectivity index (χ4v) is 2.69. The molecule has 0 spiro atoms. The second-order valence-electron chi connectivity index (χ2n) is 5.29. The van der Waals surface area contributed by atoms with Crippen LogP contribution in [0.1, 0.15) is 5.56 Å². The number of anilines is 1. The molecule has 2 heterocycles. The molecule has 0 saturated carbocycles. The van der Waals surface area contributed by atoms with Crippen LogP contribution in [0.25, 0.3) is 11.3 Å². The predicted molar refractivity (Wildman–Crippen MR) is 95.8 cm³/mol. The number of hydrogen-bond donors (Lipinski definition) is 1. The molecule has 2 aromatic heterocycles. The van der Waals surface area contributed by atoms with Gasteiger partial charge in [0.05, 0.1) is 11.4 Å². The predicted octanol–water partition coefficient (Wildman–Crippen LogP) is 3.72. The highest BCUT2D eigenvalue weighted by molar-refractivity contribution is 7.99. The Morgan fingerprint density at radius 2 is 1.92 bits per heavy atom. The van der Waals surface area contributed by atoms with Gasteiger partial charge in [0.15, 0.2) is 0 Å². The Labute approximate surface area is 148 Å². The van der Waals surface area contributed by atoms with Gasteiger partial charge < -0.3 is 5.32 Å². The van der Waals surface area contributed by atoms with Crippen LogP contribution >= 0.6 is 11.8 Å². The summed E-state index contributed by atoms with van der Waals surface area (Å²) in [5.74, 6) is -0.407. The maximum Gasteiger partial charge on any atom is 0.234 e. The minimum atomic E-state index is -0.344. The Hall–Kier alpha value is -2.80. The molecule has 126 valence electrons. The topological polar surface area (TPSA) is 67.8 Å². The van der Waals surface area contributed by atoms with E-state index in [1.807, 2.05) is 24.3 Å². The quantitative estimate of drug-likeness (QED) is 0.707. The lowest BCUT2D eigenvalue weighted by Crippen LogP contribution is -2.14.